The Bertz CT molecular complexity index is 1740. The molecule has 1 aliphatic carbocycles. The molecule has 1 unspecified atom stereocenters. The number of carbonyl (C=O) groups excluding carboxylic acids is 2. The van der Waals surface area contributed by atoms with E-state index in [4.69, 9.17) is 21.1 Å². The first-order valence-corrected chi connectivity index (χ1v) is 19.2. The summed E-state index contributed by atoms with van der Waals surface area (Å²) in [7, 11) is -4.58. The summed E-state index contributed by atoms with van der Waals surface area (Å²) < 4.78 is 73.6. The van der Waals surface area contributed by atoms with Gasteiger partial charge in [0.25, 0.3) is 5.92 Å². The first-order valence-electron chi connectivity index (χ1n) is 17.4. The van der Waals surface area contributed by atoms with Crippen molar-refractivity contribution in [3.63, 3.8) is 0 Å². The quantitative estimate of drug-likeness (QED) is 0.199. The number of alkyl halides is 2. The summed E-state index contributed by atoms with van der Waals surface area (Å²) in [6.07, 6.45) is 5.17. The Kier molecular flexibility index (Phi) is 12.4. The van der Waals surface area contributed by atoms with Crippen molar-refractivity contribution in [2.45, 2.75) is 100 Å². The van der Waals surface area contributed by atoms with Gasteiger partial charge in [0.05, 0.1) is 17.6 Å². The molecule has 13 heteroatoms. The summed E-state index contributed by atoms with van der Waals surface area (Å²) >= 11 is 5.99. The zero-order valence-corrected chi connectivity index (χ0v) is 30.7. The van der Waals surface area contributed by atoms with Crippen LogP contribution in [0.15, 0.2) is 77.7 Å². The normalized spacial score (nSPS) is 16.9. The van der Waals surface area contributed by atoms with E-state index in [0.717, 1.165) is 36.8 Å². The Hall–Kier alpha value is -3.58. The van der Waals surface area contributed by atoms with Crippen LogP contribution in [-0.4, -0.2) is 68.8 Å². The number of rotatable bonds is 12. The van der Waals surface area contributed by atoms with E-state index in [1.165, 1.54) is 41.3 Å². The molecular weight excluding hydrogens is 700 g/mol. The van der Waals surface area contributed by atoms with Crippen molar-refractivity contribution >= 4 is 33.6 Å². The van der Waals surface area contributed by atoms with Crippen LogP contribution in [0, 0.1) is 0 Å². The van der Waals surface area contributed by atoms with Crippen LogP contribution in [0.2, 0.25) is 5.02 Å². The molecule has 276 valence electrons. The summed E-state index contributed by atoms with van der Waals surface area (Å²) in [5.41, 5.74) is 1.00. The predicted molar refractivity (Wildman–Crippen MR) is 192 cm³/mol. The van der Waals surface area contributed by atoms with Crippen molar-refractivity contribution in [1.29, 1.82) is 0 Å². The number of hydrogen-bond acceptors (Lipinski definition) is 6. The maximum atomic E-state index is 16.5. The molecule has 2 amide bonds. The van der Waals surface area contributed by atoms with Crippen molar-refractivity contribution in [3.8, 4) is 11.1 Å². The number of hydrogen-bond donors (Lipinski definition) is 2. The minimum atomic E-state index is -4.58. The van der Waals surface area contributed by atoms with E-state index in [2.05, 4.69) is 10.0 Å². The molecular formula is C38H46ClF2N3O6S. The fourth-order valence-electron chi connectivity index (χ4n) is 6.33. The van der Waals surface area contributed by atoms with E-state index in [0.29, 0.717) is 23.6 Å². The topological polar surface area (TPSA) is 114 Å². The number of benzene rings is 3. The van der Waals surface area contributed by atoms with Crippen molar-refractivity contribution < 1.29 is 36.3 Å². The van der Waals surface area contributed by atoms with E-state index in [-0.39, 0.29) is 43.0 Å². The van der Waals surface area contributed by atoms with Gasteiger partial charge >= 0.3 is 6.09 Å². The number of ether oxygens (including phenoxy) is 2. The Morgan fingerprint density at radius 3 is 2.02 bits per heavy atom. The van der Waals surface area contributed by atoms with Gasteiger partial charge in [-0.1, -0.05) is 73.0 Å². The summed E-state index contributed by atoms with van der Waals surface area (Å²) in [6, 6.07) is 15.4. The van der Waals surface area contributed by atoms with Gasteiger partial charge in [0.15, 0.2) is 6.04 Å². The second-order valence-electron chi connectivity index (χ2n) is 14.2. The second kappa shape index (κ2) is 16.4. The lowest BCUT2D eigenvalue weighted by molar-refractivity contribution is -0.145. The molecule has 3 aromatic carbocycles. The van der Waals surface area contributed by atoms with Crippen molar-refractivity contribution in [1.82, 2.24) is 14.9 Å². The lowest BCUT2D eigenvalue weighted by Gasteiger charge is -2.36. The third-order valence-corrected chi connectivity index (χ3v) is 10.8. The third-order valence-electron chi connectivity index (χ3n) is 9.14. The molecule has 3 aromatic rings. The molecule has 1 heterocycles. The van der Waals surface area contributed by atoms with E-state index < -0.39 is 45.2 Å². The van der Waals surface area contributed by atoms with Crippen LogP contribution in [0.4, 0.5) is 13.6 Å². The van der Waals surface area contributed by atoms with E-state index in [1.54, 1.807) is 57.2 Å². The van der Waals surface area contributed by atoms with Gasteiger partial charge < -0.3 is 19.7 Å². The first kappa shape index (κ1) is 38.6. The molecule has 0 aromatic heterocycles. The lowest BCUT2D eigenvalue weighted by Crippen LogP contribution is -2.58. The van der Waals surface area contributed by atoms with Crippen molar-refractivity contribution in [2.24, 2.45) is 0 Å². The summed E-state index contributed by atoms with van der Waals surface area (Å²) in [5.74, 6) is -5.01. The maximum Gasteiger partial charge on any atom is 0.407 e. The Morgan fingerprint density at radius 2 is 1.45 bits per heavy atom. The maximum absolute atomic E-state index is 16.5. The molecule has 51 heavy (non-hydrogen) atoms. The second-order valence-corrected chi connectivity index (χ2v) is 16.3. The van der Waals surface area contributed by atoms with Crippen LogP contribution in [0.3, 0.4) is 0 Å². The number of carbonyl (C=O) groups is 2. The zero-order valence-electron chi connectivity index (χ0n) is 29.2. The Morgan fingerprint density at radius 1 is 0.882 bits per heavy atom. The SMILES string of the molecule is CC(C)(C)OC(=O)NC1CCN(C(=O)C(NS(=O)(=O)c2ccc(CCOC3CCCC3)cc2)C(F)(F)c2ccc(-c3ccc(Cl)cc3)cc2)CC1. The molecule has 9 nitrogen and oxygen atoms in total. The predicted octanol–water partition coefficient (Wildman–Crippen LogP) is 7.46. The van der Waals surface area contributed by atoms with Crippen LogP contribution in [0.25, 0.3) is 11.1 Å². The smallest absolute Gasteiger partial charge is 0.407 e. The summed E-state index contributed by atoms with van der Waals surface area (Å²) in [6.45, 7) is 5.77. The molecule has 0 radical (unpaired) electrons. The molecule has 1 saturated carbocycles. The number of nitrogens with zero attached hydrogens (tertiary/aromatic N) is 1. The number of likely N-dealkylation sites (tertiary alicyclic amines) is 1. The van der Waals surface area contributed by atoms with Gasteiger partial charge in [0.1, 0.15) is 5.60 Å². The molecule has 2 fully saturated rings. The van der Waals surface area contributed by atoms with Crippen LogP contribution >= 0.6 is 11.6 Å². The monoisotopic (exact) mass is 745 g/mol. The number of piperidine rings is 1. The molecule has 0 bridgehead atoms. The molecule has 0 spiro atoms. The summed E-state index contributed by atoms with van der Waals surface area (Å²) in [4.78, 5) is 27.2. The molecule has 2 N–H and O–H groups in total. The number of sulfonamides is 1. The van der Waals surface area contributed by atoms with E-state index in [9.17, 15) is 18.0 Å². The van der Waals surface area contributed by atoms with Crippen LogP contribution in [0.1, 0.15) is 70.4 Å². The minimum absolute atomic E-state index is 0.0285. The fourth-order valence-corrected chi connectivity index (χ4v) is 7.65. The number of nitrogens with one attached hydrogen (secondary N) is 2. The molecule has 1 aliphatic heterocycles. The van der Waals surface area contributed by atoms with Crippen molar-refractivity contribution in [3.05, 3.63) is 88.9 Å². The molecule has 2 aliphatic rings. The number of amides is 2. The fraction of sp³-hybridized carbons (Fsp3) is 0.474. The number of halogens is 3. The van der Waals surface area contributed by atoms with Gasteiger partial charge in [-0.05, 0) is 93.8 Å². The zero-order chi connectivity index (χ0) is 36.8. The Balaban J connectivity index is 1.33. The van der Waals surface area contributed by atoms with Gasteiger partial charge in [-0.25, -0.2) is 13.2 Å². The summed E-state index contributed by atoms with van der Waals surface area (Å²) in [5, 5.41) is 3.29. The van der Waals surface area contributed by atoms with Gasteiger partial charge in [-0.2, -0.15) is 13.5 Å². The third kappa shape index (κ3) is 10.5. The molecule has 1 saturated heterocycles. The number of alkyl carbamates (subject to hydrolysis) is 1. The van der Waals surface area contributed by atoms with Crippen LogP contribution in [0.5, 0.6) is 0 Å². The highest BCUT2D eigenvalue weighted by Gasteiger charge is 2.50. The van der Waals surface area contributed by atoms with Gasteiger partial charge in [-0.15, -0.1) is 0 Å². The average molecular weight is 746 g/mol. The molecule has 1 atom stereocenters. The highest BCUT2D eigenvalue weighted by molar-refractivity contribution is 7.89. The van der Waals surface area contributed by atoms with E-state index in [1.807, 2.05) is 0 Å². The van der Waals surface area contributed by atoms with E-state index >= 15 is 8.78 Å². The van der Waals surface area contributed by atoms with Gasteiger partial charge in [0.2, 0.25) is 15.9 Å². The lowest BCUT2D eigenvalue weighted by atomic mass is 9.96. The highest BCUT2D eigenvalue weighted by Crippen LogP contribution is 2.36. The van der Waals surface area contributed by atoms with Crippen molar-refractivity contribution in [2.75, 3.05) is 19.7 Å². The van der Waals surface area contributed by atoms with Crippen LogP contribution < -0.4 is 10.0 Å². The Labute approximate surface area is 304 Å². The average Bonchev–Trinajstić information content (AvgIpc) is 3.61. The first-order chi connectivity index (χ1) is 24.1. The molecule has 5 rings (SSSR count). The minimum Gasteiger partial charge on any atom is -0.444 e. The van der Waals surface area contributed by atoms with Crippen LogP contribution in [-0.2, 0) is 36.6 Å². The largest absolute Gasteiger partial charge is 0.444 e. The van der Waals surface area contributed by atoms with Gasteiger partial charge in [0, 0.05) is 29.7 Å². The highest BCUT2D eigenvalue weighted by atomic mass is 35.5. The standard InChI is InChI=1S/C38H46ClF2N3O6S/c1-37(2,3)50-36(46)42-31-20-23-44(24-21-31)35(45)34(38(40,41)29-14-10-27(11-15-29)28-12-16-30(39)17-13-28)43-51(47,48)33-18-8-26(9-19-33)22-25-49-32-6-4-5-7-32/h8-19,31-32,34,43H,4-7,20-25H2,1-3H3,(H,42,46). The van der Waals surface area contributed by atoms with Gasteiger partial charge in [-0.3, -0.25) is 4.79 Å².